The van der Waals surface area contributed by atoms with E-state index in [1.54, 1.807) is 0 Å². The van der Waals surface area contributed by atoms with Crippen molar-refractivity contribution in [1.29, 1.82) is 0 Å². The van der Waals surface area contributed by atoms with Crippen LogP contribution in [0.3, 0.4) is 0 Å². The highest BCUT2D eigenvalue weighted by molar-refractivity contribution is 5.48. The highest BCUT2D eigenvalue weighted by atomic mass is 16.5. The minimum absolute atomic E-state index is 0.527. The summed E-state index contributed by atoms with van der Waals surface area (Å²) in [5.41, 5.74) is 1.20. The van der Waals surface area contributed by atoms with Crippen LogP contribution < -0.4 is 0 Å². The Balaban J connectivity index is 2.36. The molecule has 1 heteroatoms. The summed E-state index contributed by atoms with van der Waals surface area (Å²) in [6.07, 6.45) is 4.02. The molecule has 0 unspecified atom stereocenters. The van der Waals surface area contributed by atoms with Crippen molar-refractivity contribution in [3.8, 4) is 0 Å². The fourth-order valence-electron chi connectivity index (χ4n) is 0.900. The maximum atomic E-state index is 5.06. The lowest BCUT2D eigenvalue weighted by Gasteiger charge is -1.93. The number of benzene rings is 1. The van der Waals surface area contributed by atoms with E-state index in [0.717, 1.165) is 0 Å². The molecular formula is C11H13O. The van der Waals surface area contributed by atoms with Gasteiger partial charge in [0.1, 0.15) is 0 Å². The van der Waals surface area contributed by atoms with Crippen molar-refractivity contribution < 1.29 is 4.74 Å². The molecule has 0 aromatic heterocycles. The van der Waals surface area contributed by atoms with Gasteiger partial charge in [0, 0.05) is 6.61 Å². The van der Waals surface area contributed by atoms with Crippen LogP contribution in [0.2, 0.25) is 0 Å². The zero-order chi connectivity index (χ0) is 8.65. The van der Waals surface area contributed by atoms with Crippen LogP contribution in [-0.2, 0) is 4.74 Å². The molecule has 1 nitrogen and oxygen atoms in total. The Kier molecular flexibility index (Phi) is 4.17. The lowest BCUT2D eigenvalue weighted by atomic mass is 10.2. The maximum absolute atomic E-state index is 5.06. The van der Waals surface area contributed by atoms with Crippen molar-refractivity contribution >= 4 is 6.08 Å². The third-order valence-electron chi connectivity index (χ3n) is 1.47. The van der Waals surface area contributed by atoms with E-state index in [1.807, 2.05) is 30.4 Å². The van der Waals surface area contributed by atoms with E-state index in [0.29, 0.717) is 13.2 Å². The molecule has 0 saturated heterocycles. The molecule has 0 amide bonds. The predicted octanol–water partition coefficient (Wildman–Crippen LogP) is 2.55. The predicted molar refractivity (Wildman–Crippen MR) is 51.7 cm³/mol. The van der Waals surface area contributed by atoms with Gasteiger partial charge in [-0.1, -0.05) is 42.5 Å². The van der Waals surface area contributed by atoms with Gasteiger partial charge in [-0.15, -0.1) is 0 Å². The molecule has 1 radical (unpaired) electrons. The molecule has 0 fully saturated rings. The lowest BCUT2D eigenvalue weighted by Crippen LogP contribution is -1.87. The van der Waals surface area contributed by atoms with Crippen molar-refractivity contribution in [2.75, 3.05) is 13.2 Å². The fraction of sp³-hybridized carbons (Fsp3) is 0.182. The van der Waals surface area contributed by atoms with E-state index < -0.39 is 0 Å². The van der Waals surface area contributed by atoms with E-state index in [-0.39, 0.29) is 0 Å². The standard InChI is InChI=1S/C11H13O/c1-2-12-10-6-9-11-7-4-3-5-8-11/h3-9H,1-2,10H2/b9-6+. The maximum Gasteiger partial charge on any atom is 0.0650 e. The van der Waals surface area contributed by atoms with Gasteiger partial charge in [-0.25, -0.2) is 0 Å². The van der Waals surface area contributed by atoms with Gasteiger partial charge >= 0.3 is 0 Å². The monoisotopic (exact) mass is 161 g/mol. The molecule has 0 saturated carbocycles. The molecule has 0 N–H and O–H groups in total. The second-order valence-electron chi connectivity index (χ2n) is 2.39. The third-order valence-corrected chi connectivity index (χ3v) is 1.47. The lowest BCUT2D eigenvalue weighted by molar-refractivity contribution is 0.193. The normalized spacial score (nSPS) is 10.8. The van der Waals surface area contributed by atoms with Gasteiger partial charge in [-0.3, -0.25) is 0 Å². The van der Waals surface area contributed by atoms with Crippen LogP contribution in [0.25, 0.3) is 6.08 Å². The minimum Gasteiger partial charge on any atom is -0.377 e. The first-order valence-electron chi connectivity index (χ1n) is 4.02. The molecule has 63 valence electrons. The average Bonchev–Trinajstić information content (AvgIpc) is 2.14. The molecule has 0 aliphatic carbocycles. The smallest absolute Gasteiger partial charge is 0.0650 e. The Morgan fingerprint density at radius 1 is 1.25 bits per heavy atom. The van der Waals surface area contributed by atoms with Crippen LogP contribution in [0, 0.1) is 6.92 Å². The summed E-state index contributed by atoms with van der Waals surface area (Å²) in [5.74, 6) is 0. The van der Waals surface area contributed by atoms with Crippen molar-refractivity contribution in [3.63, 3.8) is 0 Å². The van der Waals surface area contributed by atoms with Crippen molar-refractivity contribution in [2.24, 2.45) is 0 Å². The number of ether oxygens (including phenoxy) is 1. The second kappa shape index (κ2) is 5.56. The molecule has 1 aromatic rings. The zero-order valence-electron chi connectivity index (χ0n) is 7.07. The van der Waals surface area contributed by atoms with Gasteiger partial charge in [0.05, 0.1) is 6.61 Å². The van der Waals surface area contributed by atoms with E-state index in [1.165, 1.54) is 5.56 Å². The SMILES string of the molecule is [CH2]COC/C=C/c1ccccc1. The fourth-order valence-corrected chi connectivity index (χ4v) is 0.900. The highest BCUT2D eigenvalue weighted by Gasteiger charge is 1.81. The topological polar surface area (TPSA) is 9.23 Å². The molecule has 1 aromatic carbocycles. The molecule has 0 bridgehead atoms. The van der Waals surface area contributed by atoms with E-state index in [4.69, 9.17) is 4.74 Å². The molecule has 1 rings (SSSR count). The molecule has 12 heavy (non-hydrogen) atoms. The summed E-state index contributed by atoms with van der Waals surface area (Å²) in [6, 6.07) is 10.1. The summed E-state index contributed by atoms with van der Waals surface area (Å²) in [7, 11) is 0. The highest BCUT2D eigenvalue weighted by Crippen LogP contribution is 2.00. The Morgan fingerprint density at radius 2 is 2.00 bits per heavy atom. The summed E-state index contributed by atoms with van der Waals surface area (Å²) >= 11 is 0. The number of hydrogen-bond donors (Lipinski definition) is 0. The van der Waals surface area contributed by atoms with Crippen LogP contribution >= 0.6 is 0 Å². The Labute approximate surface area is 73.7 Å². The van der Waals surface area contributed by atoms with E-state index in [9.17, 15) is 0 Å². The van der Waals surface area contributed by atoms with Gasteiger partial charge < -0.3 is 4.74 Å². The molecule has 0 aliphatic rings. The first-order chi connectivity index (χ1) is 5.93. The van der Waals surface area contributed by atoms with Gasteiger partial charge in [0.25, 0.3) is 0 Å². The van der Waals surface area contributed by atoms with Gasteiger partial charge in [-0.05, 0) is 12.5 Å². The molecular weight excluding hydrogens is 148 g/mol. The van der Waals surface area contributed by atoms with Crippen molar-refractivity contribution in [3.05, 3.63) is 48.9 Å². The Bertz CT molecular complexity index is 226. The number of hydrogen-bond acceptors (Lipinski definition) is 1. The summed E-state index contributed by atoms with van der Waals surface area (Å²) in [5, 5.41) is 0. The quantitative estimate of drug-likeness (QED) is 0.617. The summed E-state index contributed by atoms with van der Waals surface area (Å²) in [4.78, 5) is 0. The second-order valence-corrected chi connectivity index (χ2v) is 2.39. The van der Waals surface area contributed by atoms with Crippen molar-refractivity contribution in [1.82, 2.24) is 0 Å². The van der Waals surface area contributed by atoms with E-state index in [2.05, 4.69) is 19.1 Å². The summed E-state index contributed by atoms with van der Waals surface area (Å²) in [6.45, 7) is 4.74. The van der Waals surface area contributed by atoms with Crippen LogP contribution in [0.1, 0.15) is 5.56 Å². The van der Waals surface area contributed by atoms with Crippen LogP contribution in [0.4, 0.5) is 0 Å². The minimum atomic E-state index is 0.527. The largest absolute Gasteiger partial charge is 0.377 e. The van der Waals surface area contributed by atoms with Crippen LogP contribution in [0.15, 0.2) is 36.4 Å². The van der Waals surface area contributed by atoms with Gasteiger partial charge in [-0.2, -0.15) is 0 Å². The molecule has 0 aliphatic heterocycles. The van der Waals surface area contributed by atoms with Crippen LogP contribution in [-0.4, -0.2) is 13.2 Å². The van der Waals surface area contributed by atoms with Gasteiger partial charge in [0.2, 0.25) is 0 Å². The number of rotatable bonds is 4. The van der Waals surface area contributed by atoms with E-state index >= 15 is 0 Å². The van der Waals surface area contributed by atoms with Crippen LogP contribution in [0.5, 0.6) is 0 Å². The molecule has 0 heterocycles. The Morgan fingerprint density at radius 3 is 2.67 bits per heavy atom. The Hall–Kier alpha value is -1.08. The first kappa shape index (κ1) is 9.01. The van der Waals surface area contributed by atoms with Crippen molar-refractivity contribution in [2.45, 2.75) is 0 Å². The molecule has 0 spiro atoms. The molecule has 0 atom stereocenters. The third kappa shape index (κ3) is 3.35. The van der Waals surface area contributed by atoms with Gasteiger partial charge in [0.15, 0.2) is 0 Å². The zero-order valence-corrected chi connectivity index (χ0v) is 7.07. The first-order valence-corrected chi connectivity index (χ1v) is 4.02. The summed E-state index contributed by atoms with van der Waals surface area (Å²) < 4.78 is 5.06. The average molecular weight is 161 g/mol.